The largest absolute Gasteiger partial charge is 0.364 e. The molecule has 0 atom stereocenters. The summed E-state index contributed by atoms with van der Waals surface area (Å²) in [7, 11) is 0. The highest BCUT2D eigenvalue weighted by molar-refractivity contribution is 5.91. The van der Waals surface area contributed by atoms with Gasteiger partial charge in [0.2, 0.25) is 0 Å². The molecule has 0 spiro atoms. The summed E-state index contributed by atoms with van der Waals surface area (Å²) in [4.78, 5) is 11.1. The quantitative estimate of drug-likeness (QED) is 0.774. The topological polar surface area (TPSA) is 73.8 Å². The van der Waals surface area contributed by atoms with Crippen LogP contribution in [0.5, 0.6) is 0 Å². The molecule has 1 aliphatic carbocycles. The smallest absolute Gasteiger partial charge is 0.271 e. The maximum absolute atomic E-state index is 11.1. The van der Waals surface area contributed by atoms with E-state index in [2.05, 4.69) is 10.3 Å². The second kappa shape index (κ2) is 3.08. The Bertz CT molecular complexity index is 365. The molecular weight excluding hydrogens is 180 g/mol. The zero-order valence-corrected chi connectivity index (χ0v) is 8.40. The standard InChI is InChI=1S/C9H14N4O/c1-5(2)8-7(9(10)14)11-12-13(8)6-3-4-6/h5-6H,3-4H2,1-2H3,(H2,10,14). The number of carbonyl (C=O) groups is 1. The summed E-state index contributed by atoms with van der Waals surface area (Å²) in [6.07, 6.45) is 2.25. The number of hydrogen-bond donors (Lipinski definition) is 1. The maximum Gasteiger partial charge on any atom is 0.271 e. The molecule has 0 aromatic carbocycles. The molecule has 1 aromatic heterocycles. The molecule has 76 valence electrons. The van der Waals surface area contributed by atoms with Gasteiger partial charge in [-0.15, -0.1) is 5.10 Å². The zero-order valence-electron chi connectivity index (χ0n) is 8.40. The molecule has 1 aromatic rings. The number of nitrogens with two attached hydrogens (primary N) is 1. The molecule has 2 rings (SSSR count). The number of carbonyl (C=O) groups excluding carboxylic acids is 1. The van der Waals surface area contributed by atoms with Crippen LogP contribution in [0.4, 0.5) is 0 Å². The highest BCUT2D eigenvalue weighted by Gasteiger charge is 2.30. The molecule has 1 saturated carbocycles. The summed E-state index contributed by atoms with van der Waals surface area (Å²) in [5.74, 6) is -0.256. The van der Waals surface area contributed by atoms with Crippen molar-refractivity contribution in [3.63, 3.8) is 0 Å². The SMILES string of the molecule is CC(C)c1c(C(N)=O)nnn1C1CC1. The van der Waals surface area contributed by atoms with Gasteiger partial charge in [0.15, 0.2) is 5.69 Å². The summed E-state index contributed by atoms with van der Waals surface area (Å²) < 4.78 is 1.85. The van der Waals surface area contributed by atoms with Crippen molar-refractivity contribution in [2.45, 2.75) is 38.6 Å². The van der Waals surface area contributed by atoms with E-state index in [1.165, 1.54) is 0 Å². The van der Waals surface area contributed by atoms with E-state index in [1.807, 2.05) is 18.5 Å². The lowest BCUT2D eigenvalue weighted by atomic mass is 10.1. The van der Waals surface area contributed by atoms with Crippen LogP contribution in [-0.2, 0) is 0 Å². The number of amides is 1. The maximum atomic E-state index is 11.1. The summed E-state index contributed by atoms with van der Waals surface area (Å²) in [5, 5.41) is 7.82. The van der Waals surface area contributed by atoms with Crippen LogP contribution >= 0.6 is 0 Å². The normalized spacial score (nSPS) is 16.2. The Labute approximate surface area is 82.3 Å². The van der Waals surface area contributed by atoms with Crippen molar-refractivity contribution < 1.29 is 4.79 Å². The van der Waals surface area contributed by atoms with Crippen molar-refractivity contribution in [1.29, 1.82) is 0 Å². The Morgan fingerprint density at radius 1 is 1.57 bits per heavy atom. The fraction of sp³-hybridized carbons (Fsp3) is 0.667. The van der Waals surface area contributed by atoms with E-state index >= 15 is 0 Å². The number of rotatable bonds is 3. The van der Waals surface area contributed by atoms with Crippen molar-refractivity contribution in [3.8, 4) is 0 Å². The molecule has 1 heterocycles. The van der Waals surface area contributed by atoms with Crippen LogP contribution in [0.15, 0.2) is 0 Å². The first-order valence-electron chi connectivity index (χ1n) is 4.86. The third kappa shape index (κ3) is 1.38. The molecule has 5 heteroatoms. The molecule has 14 heavy (non-hydrogen) atoms. The van der Waals surface area contributed by atoms with Gasteiger partial charge in [-0.3, -0.25) is 4.79 Å². The van der Waals surface area contributed by atoms with Gasteiger partial charge < -0.3 is 5.73 Å². The van der Waals surface area contributed by atoms with Gasteiger partial charge in [-0.2, -0.15) is 0 Å². The number of aromatic nitrogens is 3. The first-order chi connectivity index (χ1) is 6.61. The molecule has 0 saturated heterocycles. The van der Waals surface area contributed by atoms with E-state index in [1.54, 1.807) is 0 Å². The average molecular weight is 194 g/mol. The second-order valence-corrected chi connectivity index (χ2v) is 4.02. The van der Waals surface area contributed by atoms with Crippen molar-refractivity contribution in [2.75, 3.05) is 0 Å². The van der Waals surface area contributed by atoms with E-state index in [0.717, 1.165) is 18.5 Å². The van der Waals surface area contributed by atoms with Gasteiger partial charge in [0.05, 0.1) is 11.7 Å². The van der Waals surface area contributed by atoms with Crippen LogP contribution in [0.1, 0.15) is 54.8 Å². The molecule has 5 nitrogen and oxygen atoms in total. The molecule has 0 radical (unpaired) electrons. The number of hydrogen-bond acceptors (Lipinski definition) is 3. The Morgan fingerprint density at radius 2 is 2.21 bits per heavy atom. The molecular formula is C9H14N4O. The molecule has 0 aliphatic heterocycles. The van der Waals surface area contributed by atoms with Gasteiger partial charge >= 0.3 is 0 Å². The Morgan fingerprint density at radius 3 is 2.64 bits per heavy atom. The fourth-order valence-corrected chi connectivity index (χ4v) is 1.60. The number of nitrogens with zero attached hydrogens (tertiary/aromatic N) is 3. The van der Waals surface area contributed by atoms with Gasteiger partial charge in [-0.05, 0) is 18.8 Å². The fourth-order valence-electron chi connectivity index (χ4n) is 1.60. The van der Waals surface area contributed by atoms with Gasteiger partial charge in [0, 0.05) is 0 Å². The molecule has 2 N–H and O–H groups in total. The van der Waals surface area contributed by atoms with Gasteiger partial charge in [0.25, 0.3) is 5.91 Å². The molecule has 1 amide bonds. The molecule has 1 aliphatic rings. The van der Waals surface area contributed by atoms with Crippen molar-refractivity contribution in [3.05, 3.63) is 11.4 Å². The van der Waals surface area contributed by atoms with E-state index in [4.69, 9.17) is 5.73 Å². The van der Waals surface area contributed by atoms with Crippen LogP contribution in [0.2, 0.25) is 0 Å². The van der Waals surface area contributed by atoms with E-state index in [9.17, 15) is 4.79 Å². The van der Waals surface area contributed by atoms with Gasteiger partial charge in [0.1, 0.15) is 0 Å². The first-order valence-corrected chi connectivity index (χ1v) is 4.86. The lowest BCUT2D eigenvalue weighted by molar-refractivity contribution is 0.0994. The summed E-state index contributed by atoms with van der Waals surface area (Å²) in [6.45, 7) is 4.04. The minimum Gasteiger partial charge on any atom is -0.364 e. The van der Waals surface area contributed by atoms with Crippen LogP contribution in [0.25, 0.3) is 0 Å². The predicted octanol–water partition coefficient (Wildman–Crippen LogP) is 0.835. The molecule has 0 bridgehead atoms. The zero-order chi connectivity index (χ0) is 10.3. The van der Waals surface area contributed by atoms with Crippen LogP contribution in [0, 0.1) is 0 Å². The Balaban J connectivity index is 2.46. The van der Waals surface area contributed by atoms with Gasteiger partial charge in [-0.1, -0.05) is 19.1 Å². The summed E-state index contributed by atoms with van der Waals surface area (Å²) in [5.41, 5.74) is 6.43. The van der Waals surface area contributed by atoms with Crippen molar-refractivity contribution >= 4 is 5.91 Å². The third-order valence-corrected chi connectivity index (χ3v) is 2.40. The molecule has 0 unspecified atom stereocenters. The Hall–Kier alpha value is -1.39. The number of primary amides is 1. The monoisotopic (exact) mass is 194 g/mol. The van der Waals surface area contributed by atoms with Crippen molar-refractivity contribution in [1.82, 2.24) is 15.0 Å². The highest BCUT2D eigenvalue weighted by Crippen LogP contribution is 2.37. The van der Waals surface area contributed by atoms with Gasteiger partial charge in [-0.25, -0.2) is 4.68 Å². The van der Waals surface area contributed by atoms with Crippen LogP contribution in [0.3, 0.4) is 0 Å². The first kappa shape index (κ1) is 9.18. The Kier molecular flexibility index (Phi) is 2.02. The second-order valence-electron chi connectivity index (χ2n) is 4.02. The minimum absolute atomic E-state index is 0.230. The summed E-state index contributed by atoms with van der Waals surface area (Å²) in [6, 6.07) is 0.438. The van der Waals surface area contributed by atoms with Crippen LogP contribution in [-0.4, -0.2) is 20.9 Å². The lowest BCUT2D eigenvalue weighted by Crippen LogP contribution is -2.16. The van der Waals surface area contributed by atoms with E-state index < -0.39 is 5.91 Å². The average Bonchev–Trinajstić information content (AvgIpc) is 2.83. The van der Waals surface area contributed by atoms with Crippen molar-refractivity contribution in [2.24, 2.45) is 5.73 Å². The van der Waals surface area contributed by atoms with E-state index in [-0.39, 0.29) is 5.92 Å². The highest BCUT2D eigenvalue weighted by atomic mass is 16.1. The predicted molar refractivity (Wildman–Crippen MR) is 50.9 cm³/mol. The lowest BCUT2D eigenvalue weighted by Gasteiger charge is -2.08. The molecule has 1 fully saturated rings. The third-order valence-electron chi connectivity index (χ3n) is 2.40. The van der Waals surface area contributed by atoms with E-state index in [0.29, 0.717) is 11.7 Å². The summed E-state index contributed by atoms with van der Waals surface area (Å²) >= 11 is 0. The minimum atomic E-state index is -0.486. The van der Waals surface area contributed by atoms with Crippen LogP contribution < -0.4 is 5.73 Å².